The molecule has 2 aromatic carbocycles. The van der Waals surface area contributed by atoms with Crippen LogP contribution in [0.5, 0.6) is 0 Å². The van der Waals surface area contributed by atoms with Crippen LogP contribution < -0.4 is 21.0 Å². The summed E-state index contributed by atoms with van der Waals surface area (Å²) in [6.45, 7) is 3.97. The molecule has 3 N–H and O–H groups in total. The van der Waals surface area contributed by atoms with Gasteiger partial charge in [0.15, 0.2) is 16.7 Å². The SMILES string of the molecule is CC1OC(=O)NC1=O.CCCCCCCCNS(=O)(=O)c1ccc(NC(=O)C(Br)C(=O)c2cc3ccccc3oc2=O)c(Cl)c1. The average molecular weight is 727 g/mol. The Bertz CT molecular complexity index is 1730. The van der Waals surface area contributed by atoms with Crippen LogP contribution >= 0.6 is 27.5 Å². The van der Waals surface area contributed by atoms with Crippen molar-refractivity contribution in [2.75, 3.05) is 11.9 Å². The van der Waals surface area contributed by atoms with E-state index in [2.05, 4.69) is 37.6 Å². The van der Waals surface area contributed by atoms with Crippen molar-refractivity contribution in [2.45, 2.75) is 68.2 Å². The Labute approximate surface area is 273 Å². The number of cyclic esters (lactones) is 1. The summed E-state index contributed by atoms with van der Waals surface area (Å²) in [6.07, 6.45) is 4.96. The lowest BCUT2D eigenvalue weighted by Gasteiger charge is -2.13. The molecule has 1 aliphatic rings. The molecule has 242 valence electrons. The zero-order valence-corrected chi connectivity index (χ0v) is 27.7. The van der Waals surface area contributed by atoms with E-state index < -0.39 is 44.4 Å². The highest BCUT2D eigenvalue weighted by atomic mass is 79.9. The number of ether oxygens (including phenoxy) is 1. The van der Waals surface area contributed by atoms with Crippen LogP contribution in [-0.2, 0) is 24.3 Å². The van der Waals surface area contributed by atoms with Crippen LogP contribution in [0.25, 0.3) is 11.0 Å². The number of para-hydroxylation sites is 1. The second-order valence-electron chi connectivity index (χ2n) is 10.0. The Balaban J connectivity index is 0.000000598. The average Bonchev–Trinajstić information content (AvgIpc) is 3.30. The van der Waals surface area contributed by atoms with Crippen molar-refractivity contribution in [3.63, 3.8) is 0 Å². The van der Waals surface area contributed by atoms with Crippen molar-refractivity contribution in [3.05, 3.63) is 69.5 Å². The van der Waals surface area contributed by atoms with Crippen LogP contribution in [0.1, 0.15) is 62.7 Å². The minimum atomic E-state index is -3.77. The molecule has 3 amide bonds. The second kappa shape index (κ2) is 16.6. The number of nitrogens with one attached hydrogen (secondary N) is 3. The number of imide groups is 1. The third-order valence-electron chi connectivity index (χ3n) is 6.58. The molecule has 45 heavy (non-hydrogen) atoms. The van der Waals surface area contributed by atoms with Gasteiger partial charge in [0.1, 0.15) is 11.1 Å². The molecule has 1 saturated heterocycles. The summed E-state index contributed by atoms with van der Waals surface area (Å²) in [5.41, 5.74) is -0.700. The van der Waals surface area contributed by atoms with Crippen molar-refractivity contribution < 1.29 is 36.7 Å². The zero-order chi connectivity index (χ0) is 33.1. The molecule has 1 aliphatic heterocycles. The number of hydrogen-bond acceptors (Lipinski definition) is 9. The Morgan fingerprint density at radius 1 is 1.02 bits per heavy atom. The fourth-order valence-corrected chi connectivity index (χ4v) is 5.84. The molecule has 15 heteroatoms. The van der Waals surface area contributed by atoms with E-state index in [4.69, 9.17) is 16.0 Å². The van der Waals surface area contributed by atoms with Gasteiger partial charge in [-0.3, -0.25) is 19.7 Å². The lowest BCUT2D eigenvalue weighted by molar-refractivity contribution is -0.122. The molecule has 0 radical (unpaired) electrons. The van der Waals surface area contributed by atoms with Crippen LogP contribution in [0, 0.1) is 0 Å². The van der Waals surface area contributed by atoms with Gasteiger partial charge in [0.2, 0.25) is 15.9 Å². The fourth-order valence-electron chi connectivity index (χ4n) is 4.09. The van der Waals surface area contributed by atoms with E-state index in [9.17, 15) is 32.4 Å². The molecule has 0 bridgehead atoms. The number of alkyl halides is 1. The Morgan fingerprint density at radius 2 is 1.71 bits per heavy atom. The molecule has 1 fully saturated rings. The van der Waals surface area contributed by atoms with Crippen LogP contribution in [0.4, 0.5) is 10.5 Å². The molecule has 0 spiro atoms. The second-order valence-corrected chi connectivity index (χ2v) is 13.1. The molecule has 12 nitrogen and oxygen atoms in total. The third-order valence-corrected chi connectivity index (χ3v) is 9.18. The van der Waals surface area contributed by atoms with E-state index in [0.717, 1.165) is 32.1 Å². The van der Waals surface area contributed by atoms with Gasteiger partial charge in [0.25, 0.3) is 5.91 Å². The third kappa shape index (κ3) is 10.2. The molecular weight excluding hydrogens is 694 g/mol. The smallest absolute Gasteiger partial charge is 0.414 e. The van der Waals surface area contributed by atoms with E-state index in [1.807, 2.05) is 5.32 Å². The van der Waals surface area contributed by atoms with Gasteiger partial charge in [-0.15, -0.1) is 0 Å². The lowest BCUT2D eigenvalue weighted by Crippen LogP contribution is -2.32. The maximum absolute atomic E-state index is 12.8. The maximum atomic E-state index is 12.8. The van der Waals surface area contributed by atoms with E-state index in [-0.39, 0.29) is 27.1 Å². The Morgan fingerprint density at radius 3 is 2.33 bits per heavy atom. The quantitative estimate of drug-likeness (QED) is 0.0692. The molecule has 2 heterocycles. The standard InChI is InChI=1S/C26H28BrClN2O6S.C4H5NO3/c1-2-3-4-5-6-9-14-29-37(34,35)18-12-13-21(20(28)16-18)30-25(32)23(27)24(31)19-15-17-10-7-8-11-22(17)36-26(19)33;1-2-3(6)5-4(7)8-2/h7-8,10-13,15-16,23,29H,2-6,9,14H2,1H3,(H,30,32);2H,1H3,(H,5,6,7). The van der Waals surface area contributed by atoms with Gasteiger partial charge in [-0.25, -0.2) is 22.7 Å². The molecule has 3 aromatic rings. The lowest BCUT2D eigenvalue weighted by atomic mass is 10.1. The summed E-state index contributed by atoms with van der Waals surface area (Å²) in [5.74, 6) is -1.93. The predicted octanol–water partition coefficient (Wildman–Crippen LogP) is 5.31. The first-order valence-electron chi connectivity index (χ1n) is 14.2. The minimum absolute atomic E-state index is 0.0202. The summed E-state index contributed by atoms with van der Waals surface area (Å²) < 4.78 is 37.3. The number of Topliss-reactive ketones (excluding diaryl/α,β-unsaturated/α-hetero) is 1. The van der Waals surface area contributed by atoms with E-state index in [1.165, 1.54) is 37.6 Å². The molecule has 4 rings (SSSR count). The highest BCUT2D eigenvalue weighted by Crippen LogP contribution is 2.26. The number of unbranched alkanes of at least 4 members (excludes halogenated alkanes) is 5. The number of anilines is 1. The summed E-state index contributed by atoms with van der Waals surface area (Å²) in [7, 11) is -3.77. The minimum Gasteiger partial charge on any atom is -0.436 e. The van der Waals surface area contributed by atoms with E-state index in [1.54, 1.807) is 24.3 Å². The summed E-state index contributed by atoms with van der Waals surface area (Å²) in [4.78, 5) is 56.8. The van der Waals surface area contributed by atoms with Crippen molar-refractivity contribution in [3.8, 4) is 0 Å². The van der Waals surface area contributed by atoms with Crippen LogP contribution in [-0.4, -0.2) is 49.6 Å². The normalized spacial score (nSPS) is 15.1. The van der Waals surface area contributed by atoms with Gasteiger partial charge < -0.3 is 14.5 Å². The topological polar surface area (TPSA) is 178 Å². The first-order chi connectivity index (χ1) is 21.3. The molecule has 0 aliphatic carbocycles. The molecule has 0 saturated carbocycles. The van der Waals surface area contributed by atoms with Gasteiger partial charge in [-0.1, -0.05) is 84.8 Å². The maximum Gasteiger partial charge on any atom is 0.414 e. The molecule has 2 unspecified atom stereocenters. The van der Waals surface area contributed by atoms with Crippen molar-refractivity contribution in [2.24, 2.45) is 0 Å². The van der Waals surface area contributed by atoms with Crippen LogP contribution in [0.3, 0.4) is 0 Å². The molecule has 1 aromatic heterocycles. The number of carbonyl (C=O) groups excluding carboxylic acids is 4. The number of benzene rings is 2. The first-order valence-corrected chi connectivity index (χ1v) is 16.9. The van der Waals surface area contributed by atoms with Crippen LogP contribution in [0.15, 0.2) is 62.6 Å². The Kier molecular flexibility index (Phi) is 13.3. The van der Waals surface area contributed by atoms with Gasteiger partial charge in [-0.05, 0) is 43.7 Å². The summed E-state index contributed by atoms with van der Waals surface area (Å²) >= 11 is 9.27. The van der Waals surface area contributed by atoms with Crippen molar-refractivity contribution in [1.82, 2.24) is 10.0 Å². The van der Waals surface area contributed by atoms with E-state index in [0.29, 0.717) is 17.5 Å². The predicted molar refractivity (Wildman–Crippen MR) is 172 cm³/mol. The summed E-state index contributed by atoms with van der Waals surface area (Å²) in [5, 5.41) is 4.97. The van der Waals surface area contributed by atoms with Gasteiger partial charge in [0.05, 0.1) is 15.6 Å². The largest absolute Gasteiger partial charge is 0.436 e. The molecule has 2 atom stereocenters. The monoisotopic (exact) mass is 725 g/mol. The number of fused-ring (bicyclic) bond motifs is 1. The van der Waals surface area contributed by atoms with Crippen molar-refractivity contribution in [1.29, 1.82) is 0 Å². The summed E-state index contributed by atoms with van der Waals surface area (Å²) in [6, 6.07) is 11.9. The number of halogens is 2. The zero-order valence-electron chi connectivity index (χ0n) is 24.6. The van der Waals surface area contributed by atoms with Gasteiger partial charge in [0, 0.05) is 11.9 Å². The van der Waals surface area contributed by atoms with E-state index >= 15 is 0 Å². The number of ketones is 1. The fraction of sp³-hybridized carbons (Fsp3) is 0.367. The van der Waals surface area contributed by atoms with Gasteiger partial charge in [-0.2, -0.15) is 0 Å². The highest BCUT2D eigenvalue weighted by molar-refractivity contribution is 9.10. The first kappa shape index (κ1) is 35.9. The molecular formula is C30H33BrClN3O9S. The number of alkyl carbamates (subject to hydrolysis) is 1. The van der Waals surface area contributed by atoms with Crippen molar-refractivity contribution >= 4 is 77.9 Å². The number of rotatable bonds is 13. The number of carbonyl (C=O) groups is 4. The number of hydrogen-bond donors (Lipinski definition) is 3. The van der Waals surface area contributed by atoms with Gasteiger partial charge >= 0.3 is 11.7 Å². The highest BCUT2D eigenvalue weighted by Gasteiger charge is 2.29. The number of sulfonamides is 1. The van der Waals surface area contributed by atoms with Crippen LogP contribution in [0.2, 0.25) is 5.02 Å². The number of amides is 3. The Hall–Kier alpha value is -3.59.